The van der Waals surface area contributed by atoms with E-state index in [-0.39, 0.29) is 0 Å². The van der Waals surface area contributed by atoms with Crippen molar-refractivity contribution in [2.75, 3.05) is 20.2 Å². The predicted molar refractivity (Wildman–Crippen MR) is 112 cm³/mol. The number of phenols is 1. The second-order valence-corrected chi connectivity index (χ2v) is 7.67. The summed E-state index contributed by atoms with van der Waals surface area (Å²) < 4.78 is 5.31. The molecule has 2 aromatic carbocycles. The summed E-state index contributed by atoms with van der Waals surface area (Å²) in [6.07, 6.45) is 4.71. The van der Waals surface area contributed by atoms with E-state index in [0.717, 1.165) is 43.8 Å². The van der Waals surface area contributed by atoms with E-state index in [1.165, 1.54) is 24.0 Å². The maximum absolute atomic E-state index is 10.4. The highest BCUT2D eigenvalue weighted by molar-refractivity contribution is 5.40. The molecule has 0 saturated carbocycles. The van der Waals surface area contributed by atoms with E-state index < -0.39 is 0 Å². The fourth-order valence-electron chi connectivity index (χ4n) is 4.50. The molecule has 1 aliphatic heterocycles. The minimum atomic E-state index is 0.429. The Kier molecular flexibility index (Phi) is 6.78. The average Bonchev–Trinajstić information content (AvgIpc) is 3.21. The van der Waals surface area contributed by atoms with Gasteiger partial charge in [-0.1, -0.05) is 38.1 Å². The van der Waals surface area contributed by atoms with Gasteiger partial charge in [0, 0.05) is 12.1 Å². The van der Waals surface area contributed by atoms with Gasteiger partial charge >= 0.3 is 0 Å². The Morgan fingerprint density at radius 3 is 2.11 bits per heavy atom. The minimum absolute atomic E-state index is 0.429. The number of benzene rings is 2. The van der Waals surface area contributed by atoms with Crippen LogP contribution in [0.3, 0.4) is 0 Å². The molecule has 0 aliphatic carbocycles. The third-order valence-electron chi connectivity index (χ3n) is 6.03. The van der Waals surface area contributed by atoms with Crippen molar-refractivity contribution in [1.82, 2.24) is 4.90 Å². The molecule has 0 amide bonds. The van der Waals surface area contributed by atoms with Crippen molar-refractivity contribution in [3.8, 4) is 11.5 Å². The molecule has 0 aromatic heterocycles. The molecule has 1 aliphatic rings. The van der Waals surface area contributed by atoms with Crippen LogP contribution in [0.4, 0.5) is 0 Å². The number of aromatic hydroxyl groups is 1. The fourth-order valence-corrected chi connectivity index (χ4v) is 4.50. The zero-order valence-electron chi connectivity index (χ0n) is 16.9. The standard InChI is InChI=1S/C24H33NO2/c1-4-22(18-8-11-21(27-3)12-9-18)23(5-2)19-10-13-24(26)20(16-19)17-25-14-6-7-15-25/h8-13,16,22-23,26H,4-7,14-15,17H2,1-3H3/t22-,23+/m0/s1. The average molecular weight is 368 g/mol. The Labute approximate surface area is 164 Å². The first-order valence-electron chi connectivity index (χ1n) is 10.3. The number of methoxy groups -OCH3 is 1. The van der Waals surface area contributed by atoms with E-state index in [4.69, 9.17) is 4.74 Å². The summed E-state index contributed by atoms with van der Waals surface area (Å²) in [4.78, 5) is 2.45. The molecule has 0 unspecified atom stereocenters. The molecule has 0 radical (unpaired) electrons. The smallest absolute Gasteiger partial charge is 0.120 e. The number of nitrogens with zero attached hydrogens (tertiary/aromatic N) is 1. The number of phenolic OH excluding ortho intramolecular Hbond substituents is 1. The lowest BCUT2D eigenvalue weighted by molar-refractivity contribution is 0.323. The van der Waals surface area contributed by atoms with Crippen LogP contribution >= 0.6 is 0 Å². The zero-order valence-corrected chi connectivity index (χ0v) is 16.9. The van der Waals surface area contributed by atoms with Gasteiger partial charge in [-0.15, -0.1) is 0 Å². The molecule has 1 heterocycles. The predicted octanol–water partition coefficient (Wildman–Crippen LogP) is 5.68. The molecular weight excluding hydrogens is 334 g/mol. The molecule has 3 rings (SSSR count). The van der Waals surface area contributed by atoms with Gasteiger partial charge in [0.1, 0.15) is 11.5 Å². The molecule has 1 N–H and O–H groups in total. The van der Waals surface area contributed by atoms with Crippen LogP contribution in [-0.2, 0) is 6.54 Å². The number of rotatable bonds is 8. The van der Waals surface area contributed by atoms with E-state index >= 15 is 0 Å². The van der Waals surface area contributed by atoms with Crippen LogP contribution in [0.15, 0.2) is 42.5 Å². The maximum Gasteiger partial charge on any atom is 0.120 e. The molecule has 3 heteroatoms. The molecule has 0 bridgehead atoms. The van der Waals surface area contributed by atoms with Crippen LogP contribution in [0.2, 0.25) is 0 Å². The van der Waals surface area contributed by atoms with Crippen LogP contribution in [0, 0.1) is 0 Å². The monoisotopic (exact) mass is 367 g/mol. The van der Waals surface area contributed by atoms with Gasteiger partial charge in [0.05, 0.1) is 7.11 Å². The number of likely N-dealkylation sites (tertiary alicyclic amines) is 1. The van der Waals surface area contributed by atoms with Crippen LogP contribution in [0.25, 0.3) is 0 Å². The summed E-state index contributed by atoms with van der Waals surface area (Å²) in [5.41, 5.74) is 3.77. The van der Waals surface area contributed by atoms with E-state index in [2.05, 4.69) is 55.1 Å². The highest BCUT2D eigenvalue weighted by Crippen LogP contribution is 2.39. The Balaban J connectivity index is 1.85. The van der Waals surface area contributed by atoms with Crippen LogP contribution in [-0.4, -0.2) is 30.2 Å². The van der Waals surface area contributed by atoms with Crippen LogP contribution in [0.1, 0.15) is 68.1 Å². The summed E-state index contributed by atoms with van der Waals surface area (Å²) >= 11 is 0. The summed E-state index contributed by atoms with van der Waals surface area (Å²) in [5, 5.41) is 10.4. The van der Waals surface area contributed by atoms with Gasteiger partial charge in [-0.05, 0) is 79.9 Å². The van der Waals surface area contributed by atoms with E-state index in [1.54, 1.807) is 7.11 Å². The van der Waals surface area contributed by atoms with Gasteiger partial charge < -0.3 is 9.84 Å². The molecule has 27 heavy (non-hydrogen) atoms. The summed E-state index contributed by atoms with van der Waals surface area (Å²) in [5.74, 6) is 2.24. The summed E-state index contributed by atoms with van der Waals surface area (Å²) in [6, 6.07) is 14.8. The molecule has 2 aromatic rings. The van der Waals surface area contributed by atoms with Crippen molar-refractivity contribution in [2.24, 2.45) is 0 Å². The normalized spacial score (nSPS) is 17.0. The molecule has 146 valence electrons. The molecular formula is C24H33NO2. The molecule has 0 spiro atoms. The summed E-state index contributed by atoms with van der Waals surface area (Å²) in [6.45, 7) is 7.68. The number of hydrogen-bond donors (Lipinski definition) is 1. The van der Waals surface area contributed by atoms with Crippen molar-refractivity contribution >= 4 is 0 Å². The summed E-state index contributed by atoms with van der Waals surface area (Å²) in [7, 11) is 1.71. The zero-order chi connectivity index (χ0) is 19.2. The van der Waals surface area contributed by atoms with Gasteiger partial charge in [0.25, 0.3) is 0 Å². The lowest BCUT2D eigenvalue weighted by atomic mass is 9.78. The first kappa shape index (κ1) is 19.8. The number of ether oxygens (including phenoxy) is 1. The van der Waals surface area contributed by atoms with Gasteiger partial charge in [-0.25, -0.2) is 0 Å². The van der Waals surface area contributed by atoms with E-state index in [9.17, 15) is 5.11 Å². The van der Waals surface area contributed by atoms with Crippen molar-refractivity contribution in [1.29, 1.82) is 0 Å². The largest absolute Gasteiger partial charge is 0.508 e. The lowest BCUT2D eigenvalue weighted by Crippen LogP contribution is -2.19. The van der Waals surface area contributed by atoms with Gasteiger partial charge in [-0.2, -0.15) is 0 Å². The third-order valence-corrected chi connectivity index (χ3v) is 6.03. The topological polar surface area (TPSA) is 32.7 Å². The highest BCUT2D eigenvalue weighted by Gasteiger charge is 2.23. The SMILES string of the molecule is CC[C@H](c1ccc(O)c(CN2CCCC2)c1)[C@@H](CC)c1ccc(OC)cc1. The Bertz CT molecular complexity index is 720. The molecule has 1 saturated heterocycles. The third kappa shape index (κ3) is 4.65. The first-order valence-corrected chi connectivity index (χ1v) is 10.3. The Morgan fingerprint density at radius 1 is 0.926 bits per heavy atom. The first-order chi connectivity index (χ1) is 13.2. The van der Waals surface area contributed by atoms with Crippen molar-refractivity contribution in [3.63, 3.8) is 0 Å². The second kappa shape index (κ2) is 9.27. The quantitative estimate of drug-likeness (QED) is 0.651. The molecule has 1 fully saturated rings. The maximum atomic E-state index is 10.4. The fraction of sp³-hybridized carbons (Fsp3) is 0.500. The second-order valence-electron chi connectivity index (χ2n) is 7.67. The molecule has 2 atom stereocenters. The van der Waals surface area contributed by atoms with Crippen molar-refractivity contribution in [3.05, 3.63) is 59.2 Å². The Hall–Kier alpha value is -2.00. The molecule has 3 nitrogen and oxygen atoms in total. The highest BCUT2D eigenvalue weighted by atomic mass is 16.5. The van der Waals surface area contributed by atoms with Gasteiger partial charge in [0.15, 0.2) is 0 Å². The van der Waals surface area contributed by atoms with E-state index in [1.807, 2.05) is 6.07 Å². The van der Waals surface area contributed by atoms with Gasteiger partial charge in [0.2, 0.25) is 0 Å². The Morgan fingerprint density at radius 2 is 1.52 bits per heavy atom. The minimum Gasteiger partial charge on any atom is -0.508 e. The van der Waals surface area contributed by atoms with Crippen LogP contribution in [0.5, 0.6) is 11.5 Å². The van der Waals surface area contributed by atoms with Crippen molar-refractivity contribution < 1.29 is 9.84 Å². The van der Waals surface area contributed by atoms with Gasteiger partial charge in [-0.3, -0.25) is 4.90 Å². The lowest BCUT2D eigenvalue weighted by Gasteiger charge is -2.27. The van der Waals surface area contributed by atoms with Crippen molar-refractivity contribution in [2.45, 2.75) is 57.9 Å². The van der Waals surface area contributed by atoms with Crippen LogP contribution < -0.4 is 4.74 Å². The number of hydrogen-bond acceptors (Lipinski definition) is 3. The van der Waals surface area contributed by atoms with E-state index in [0.29, 0.717) is 17.6 Å².